The van der Waals surface area contributed by atoms with Gasteiger partial charge in [-0.15, -0.1) is 0 Å². The van der Waals surface area contributed by atoms with E-state index in [0.29, 0.717) is 17.5 Å². The third kappa shape index (κ3) is 1.75. The molecule has 3 heteroatoms. The van der Waals surface area contributed by atoms with Gasteiger partial charge in [-0.05, 0) is 55.0 Å². The van der Waals surface area contributed by atoms with Crippen molar-refractivity contribution in [3.8, 4) is 0 Å². The third-order valence-electron chi connectivity index (χ3n) is 3.99. The normalized spacial score (nSPS) is 26.2. The summed E-state index contributed by atoms with van der Waals surface area (Å²) in [6.45, 7) is 1.12. The molecular weight excluding hydrogens is 214 g/mol. The van der Waals surface area contributed by atoms with Crippen molar-refractivity contribution >= 4 is 5.97 Å². The van der Waals surface area contributed by atoms with Gasteiger partial charge in [-0.3, -0.25) is 0 Å². The Kier molecular flexibility index (Phi) is 2.63. The lowest BCUT2D eigenvalue weighted by Crippen LogP contribution is -2.37. The maximum atomic E-state index is 11.5. The van der Waals surface area contributed by atoms with Gasteiger partial charge in [-0.1, -0.05) is 6.07 Å². The lowest BCUT2D eigenvalue weighted by Gasteiger charge is -2.27. The number of rotatable bonds is 1. The number of ether oxygens (including phenoxy) is 1. The van der Waals surface area contributed by atoms with E-state index in [-0.39, 0.29) is 5.97 Å². The van der Waals surface area contributed by atoms with Gasteiger partial charge < -0.3 is 10.1 Å². The molecule has 0 spiro atoms. The molecule has 0 saturated carbocycles. The number of benzene rings is 1. The average molecular weight is 231 g/mol. The van der Waals surface area contributed by atoms with Crippen LogP contribution in [0.4, 0.5) is 0 Å². The number of nitrogens with one attached hydrogen (secondary N) is 1. The van der Waals surface area contributed by atoms with E-state index in [2.05, 4.69) is 11.4 Å². The van der Waals surface area contributed by atoms with Crippen LogP contribution in [-0.4, -0.2) is 25.7 Å². The molecule has 3 rings (SSSR count). The van der Waals surface area contributed by atoms with Crippen LogP contribution < -0.4 is 5.32 Å². The lowest BCUT2D eigenvalue weighted by molar-refractivity contribution is 0.0600. The van der Waals surface area contributed by atoms with Gasteiger partial charge in [0.2, 0.25) is 0 Å². The van der Waals surface area contributed by atoms with Crippen LogP contribution in [0.3, 0.4) is 0 Å². The van der Waals surface area contributed by atoms with Crippen LogP contribution in [0, 0.1) is 0 Å². The van der Waals surface area contributed by atoms with Gasteiger partial charge >= 0.3 is 5.97 Å². The Morgan fingerprint density at radius 1 is 1.47 bits per heavy atom. The molecule has 1 N–H and O–H groups in total. The Hall–Kier alpha value is -1.35. The van der Waals surface area contributed by atoms with Crippen molar-refractivity contribution in [3.63, 3.8) is 0 Å². The SMILES string of the molecule is COC(=O)c1ccc2c(c1)CC1NCCCC21. The second-order valence-electron chi connectivity index (χ2n) is 4.92. The smallest absolute Gasteiger partial charge is 0.337 e. The van der Waals surface area contributed by atoms with E-state index in [1.165, 1.54) is 31.1 Å². The molecule has 1 heterocycles. The Bertz CT molecular complexity index is 456. The third-order valence-corrected chi connectivity index (χ3v) is 3.99. The topological polar surface area (TPSA) is 38.3 Å². The standard InChI is InChI=1S/C14H17NO2/c1-17-14(16)9-4-5-11-10(7-9)8-13-12(11)3-2-6-15-13/h4-5,7,12-13,15H,2-3,6,8H2,1H3. The summed E-state index contributed by atoms with van der Waals surface area (Å²) in [5.74, 6) is 0.404. The molecule has 1 aromatic rings. The summed E-state index contributed by atoms with van der Waals surface area (Å²) < 4.78 is 4.76. The highest BCUT2D eigenvalue weighted by molar-refractivity contribution is 5.89. The van der Waals surface area contributed by atoms with E-state index < -0.39 is 0 Å². The fourth-order valence-corrected chi connectivity index (χ4v) is 3.17. The van der Waals surface area contributed by atoms with Gasteiger partial charge in [0.25, 0.3) is 0 Å². The highest BCUT2D eigenvalue weighted by Gasteiger charge is 2.34. The molecule has 0 aromatic heterocycles. The van der Waals surface area contributed by atoms with Gasteiger partial charge in [0.05, 0.1) is 12.7 Å². The maximum Gasteiger partial charge on any atom is 0.337 e. The molecule has 90 valence electrons. The van der Waals surface area contributed by atoms with Crippen molar-refractivity contribution in [2.24, 2.45) is 0 Å². The predicted octanol–water partition coefficient (Wildman–Crippen LogP) is 1.86. The number of methoxy groups -OCH3 is 1. The summed E-state index contributed by atoms with van der Waals surface area (Å²) in [7, 11) is 1.43. The number of hydrogen-bond donors (Lipinski definition) is 1. The Morgan fingerprint density at radius 2 is 2.35 bits per heavy atom. The van der Waals surface area contributed by atoms with Crippen LogP contribution in [0.2, 0.25) is 0 Å². The summed E-state index contributed by atoms with van der Waals surface area (Å²) >= 11 is 0. The van der Waals surface area contributed by atoms with Crippen LogP contribution in [0.15, 0.2) is 18.2 Å². The Labute approximate surface area is 101 Å². The second kappa shape index (κ2) is 4.15. The van der Waals surface area contributed by atoms with Crippen molar-refractivity contribution in [1.82, 2.24) is 5.32 Å². The van der Waals surface area contributed by atoms with Crippen molar-refractivity contribution in [2.75, 3.05) is 13.7 Å². The van der Waals surface area contributed by atoms with E-state index in [1.807, 2.05) is 12.1 Å². The molecule has 2 atom stereocenters. The molecule has 2 aliphatic rings. The molecule has 0 amide bonds. The highest BCUT2D eigenvalue weighted by atomic mass is 16.5. The number of hydrogen-bond acceptors (Lipinski definition) is 3. The Balaban J connectivity index is 1.94. The van der Waals surface area contributed by atoms with Gasteiger partial charge in [-0.2, -0.15) is 0 Å². The predicted molar refractivity (Wildman–Crippen MR) is 65.3 cm³/mol. The number of carbonyl (C=O) groups is 1. The van der Waals surface area contributed by atoms with E-state index in [9.17, 15) is 4.79 Å². The molecule has 0 radical (unpaired) electrons. The summed E-state index contributed by atoms with van der Waals surface area (Å²) in [5, 5.41) is 3.57. The maximum absolute atomic E-state index is 11.5. The first-order chi connectivity index (χ1) is 8.29. The van der Waals surface area contributed by atoms with Crippen LogP contribution in [0.5, 0.6) is 0 Å². The molecule has 1 aliphatic heterocycles. The van der Waals surface area contributed by atoms with Crippen molar-refractivity contribution in [3.05, 3.63) is 34.9 Å². The van der Waals surface area contributed by atoms with Crippen molar-refractivity contribution in [1.29, 1.82) is 0 Å². The zero-order valence-electron chi connectivity index (χ0n) is 10.0. The van der Waals surface area contributed by atoms with Crippen LogP contribution in [0.25, 0.3) is 0 Å². The number of esters is 1. The van der Waals surface area contributed by atoms with Crippen LogP contribution in [-0.2, 0) is 11.2 Å². The molecule has 0 bridgehead atoms. The molecule has 1 aliphatic carbocycles. The largest absolute Gasteiger partial charge is 0.465 e. The van der Waals surface area contributed by atoms with E-state index >= 15 is 0 Å². The summed E-state index contributed by atoms with van der Waals surface area (Å²) in [4.78, 5) is 11.5. The van der Waals surface area contributed by atoms with Gasteiger partial charge in [0.15, 0.2) is 0 Å². The van der Waals surface area contributed by atoms with Crippen LogP contribution >= 0.6 is 0 Å². The molecule has 1 fully saturated rings. The van der Waals surface area contributed by atoms with Crippen LogP contribution in [0.1, 0.15) is 40.2 Å². The minimum atomic E-state index is -0.240. The molecule has 3 nitrogen and oxygen atoms in total. The molecule has 2 unspecified atom stereocenters. The van der Waals surface area contributed by atoms with Gasteiger partial charge in [0, 0.05) is 6.04 Å². The molecule has 1 aromatic carbocycles. The number of piperidine rings is 1. The molecule has 17 heavy (non-hydrogen) atoms. The molecular formula is C14H17NO2. The van der Waals surface area contributed by atoms with Gasteiger partial charge in [0.1, 0.15) is 0 Å². The fourth-order valence-electron chi connectivity index (χ4n) is 3.17. The van der Waals surface area contributed by atoms with E-state index in [1.54, 1.807) is 0 Å². The Morgan fingerprint density at radius 3 is 3.18 bits per heavy atom. The highest BCUT2D eigenvalue weighted by Crippen LogP contribution is 2.38. The molecule has 1 saturated heterocycles. The average Bonchev–Trinajstić information content (AvgIpc) is 2.75. The summed E-state index contributed by atoms with van der Waals surface area (Å²) in [6.07, 6.45) is 3.56. The number of carbonyl (C=O) groups excluding carboxylic acids is 1. The number of fused-ring (bicyclic) bond motifs is 3. The zero-order valence-corrected chi connectivity index (χ0v) is 10.0. The first kappa shape index (κ1) is 10.8. The second-order valence-corrected chi connectivity index (χ2v) is 4.92. The summed E-state index contributed by atoms with van der Waals surface area (Å²) in [5.41, 5.74) is 3.41. The van der Waals surface area contributed by atoms with Crippen molar-refractivity contribution in [2.45, 2.75) is 31.2 Å². The lowest BCUT2D eigenvalue weighted by atomic mass is 9.90. The fraction of sp³-hybridized carbons (Fsp3) is 0.500. The first-order valence-corrected chi connectivity index (χ1v) is 6.24. The van der Waals surface area contributed by atoms with Gasteiger partial charge in [-0.25, -0.2) is 4.79 Å². The van der Waals surface area contributed by atoms with Crippen molar-refractivity contribution < 1.29 is 9.53 Å². The quantitative estimate of drug-likeness (QED) is 0.750. The monoisotopic (exact) mass is 231 g/mol. The minimum absolute atomic E-state index is 0.240. The minimum Gasteiger partial charge on any atom is -0.465 e. The van der Waals surface area contributed by atoms with E-state index in [0.717, 1.165) is 13.0 Å². The zero-order chi connectivity index (χ0) is 11.8. The summed E-state index contributed by atoms with van der Waals surface area (Å²) in [6, 6.07) is 6.58. The van der Waals surface area contributed by atoms with E-state index in [4.69, 9.17) is 4.74 Å². The first-order valence-electron chi connectivity index (χ1n) is 6.24.